The summed E-state index contributed by atoms with van der Waals surface area (Å²) < 4.78 is 18.0. The zero-order valence-corrected chi connectivity index (χ0v) is 12.0. The van der Waals surface area contributed by atoms with Crippen molar-refractivity contribution in [1.29, 1.82) is 0 Å². The lowest BCUT2D eigenvalue weighted by atomic mass is 10.1. The summed E-state index contributed by atoms with van der Waals surface area (Å²) in [6.45, 7) is 1.24. The summed E-state index contributed by atoms with van der Waals surface area (Å²) in [5.74, 6) is -0.580. The highest BCUT2D eigenvalue weighted by Gasteiger charge is 2.10. The molecule has 0 fully saturated rings. The average Bonchev–Trinajstić information content (AvgIpc) is 3.01. The molecule has 0 saturated heterocycles. The van der Waals surface area contributed by atoms with Gasteiger partial charge >= 0.3 is 0 Å². The lowest BCUT2D eigenvalue weighted by Gasteiger charge is -2.03. The fraction of sp³-hybridized carbons (Fsp3) is 0.333. The first-order valence-corrected chi connectivity index (χ1v) is 6.99. The molecule has 0 radical (unpaired) electrons. The minimum absolute atomic E-state index is 0.00728. The molecule has 0 atom stereocenters. The summed E-state index contributed by atoms with van der Waals surface area (Å²) in [4.78, 5) is 11.9. The summed E-state index contributed by atoms with van der Waals surface area (Å²) in [6.07, 6.45) is 0.657. The molecule has 0 saturated carbocycles. The quantitative estimate of drug-likeness (QED) is 0.642. The van der Waals surface area contributed by atoms with E-state index in [9.17, 15) is 9.18 Å². The number of ether oxygens (including phenoxy) is 1. The van der Waals surface area contributed by atoms with Crippen molar-refractivity contribution in [2.45, 2.75) is 6.42 Å². The number of aliphatic hydroxyl groups excluding tert-OH is 1. The highest BCUT2D eigenvalue weighted by Crippen LogP contribution is 2.17. The lowest BCUT2D eigenvalue weighted by Crippen LogP contribution is -2.25. The molecule has 1 amide bonds. The molecular formula is C15H18FN3O3. The SMILES string of the molecule is O=C(NCCCOCCO)c1cc(-c2ccc(F)cc2)n[nH]1. The van der Waals surface area contributed by atoms with Crippen LogP contribution in [-0.2, 0) is 4.74 Å². The molecule has 1 aromatic carbocycles. The molecule has 22 heavy (non-hydrogen) atoms. The smallest absolute Gasteiger partial charge is 0.269 e. The number of aromatic nitrogens is 2. The van der Waals surface area contributed by atoms with Crippen LogP contribution >= 0.6 is 0 Å². The van der Waals surface area contributed by atoms with Gasteiger partial charge in [0.05, 0.1) is 18.9 Å². The summed E-state index contributed by atoms with van der Waals surface area (Å²) in [6, 6.07) is 7.51. The van der Waals surface area contributed by atoms with Gasteiger partial charge < -0.3 is 15.2 Å². The van der Waals surface area contributed by atoms with Crippen LogP contribution < -0.4 is 5.32 Å². The van der Waals surface area contributed by atoms with Crippen LogP contribution in [0.25, 0.3) is 11.3 Å². The number of benzene rings is 1. The van der Waals surface area contributed by atoms with Crippen molar-refractivity contribution in [1.82, 2.24) is 15.5 Å². The fourth-order valence-corrected chi connectivity index (χ4v) is 1.84. The van der Waals surface area contributed by atoms with Crippen LogP contribution in [0.2, 0.25) is 0 Å². The van der Waals surface area contributed by atoms with Gasteiger partial charge in [0.25, 0.3) is 5.91 Å². The van der Waals surface area contributed by atoms with Gasteiger partial charge in [0.15, 0.2) is 0 Å². The van der Waals surface area contributed by atoms with E-state index in [2.05, 4.69) is 15.5 Å². The molecule has 0 bridgehead atoms. The second-order valence-corrected chi connectivity index (χ2v) is 4.62. The van der Waals surface area contributed by atoms with Gasteiger partial charge in [-0.2, -0.15) is 5.10 Å². The van der Waals surface area contributed by atoms with E-state index in [1.807, 2.05) is 0 Å². The Bertz CT molecular complexity index is 598. The number of nitrogens with one attached hydrogen (secondary N) is 2. The van der Waals surface area contributed by atoms with Gasteiger partial charge in [-0.1, -0.05) is 0 Å². The van der Waals surface area contributed by atoms with Gasteiger partial charge in [0.2, 0.25) is 0 Å². The summed E-state index contributed by atoms with van der Waals surface area (Å²) in [5.41, 5.74) is 1.65. The van der Waals surface area contributed by atoms with Crippen LogP contribution in [0.4, 0.5) is 4.39 Å². The van der Waals surface area contributed by atoms with Crippen LogP contribution in [0.15, 0.2) is 30.3 Å². The number of aliphatic hydroxyl groups is 1. The molecule has 3 N–H and O–H groups in total. The number of rotatable bonds is 8. The first kappa shape index (κ1) is 16.1. The normalized spacial score (nSPS) is 10.6. The third kappa shape index (κ3) is 4.64. The van der Waals surface area contributed by atoms with E-state index in [1.165, 1.54) is 12.1 Å². The van der Waals surface area contributed by atoms with E-state index in [4.69, 9.17) is 9.84 Å². The molecule has 0 unspecified atom stereocenters. The minimum Gasteiger partial charge on any atom is -0.394 e. The Labute approximate surface area is 127 Å². The highest BCUT2D eigenvalue weighted by atomic mass is 19.1. The number of carbonyl (C=O) groups excluding carboxylic acids is 1. The predicted molar refractivity (Wildman–Crippen MR) is 78.8 cm³/mol. The zero-order chi connectivity index (χ0) is 15.8. The second-order valence-electron chi connectivity index (χ2n) is 4.62. The Balaban J connectivity index is 1.83. The standard InChI is InChI=1S/C15H18FN3O3/c16-12-4-2-11(3-5-12)13-10-14(19-18-13)15(21)17-6-1-8-22-9-7-20/h2-5,10,20H,1,6-9H2,(H,17,21)(H,18,19). The number of hydrogen-bond donors (Lipinski definition) is 3. The van der Waals surface area contributed by atoms with Gasteiger partial charge in [-0.15, -0.1) is 0 Å². The molecule has 0 aliphatic carbocycles. The van der Waals surface area contributed by atoms with Crippen LogP contribution in [0, 0.1) is 5.82 Å². The van der Waals surface area contributed by atoms with Crippen molar-refractivity contribution >= 4 is 5.91 Å². The number of carbonyl (C=O) groups is 1. The number of halogens is 1. The molecule has 1 aromatic heterocycles. The predicted octanol–water partition coefficient (Wildman–Crippen LogP) is 1.34. The number of aromatic amines is 1. The van der Waals surface area contributed by atoms with Gasteiger partial charge in [0, 0.05) is 18.7 Å². The first-order valence-electron chi connectivity index (χ1n) is 6.99. The fourth-order valence-electron chi connectivity index (χ4n) is 1.84. The Morgan fingerprint density at radius 3 is 2.82 bits per heavy atom. The van der Waals surface area contributed by atoms with Crippen molar-refractivity contribution in [3.05, 3.63) is 41.8 Å². The monoisotopic (exact) mass is 307 g/mol. The molecule has 2 aromatic rings. The molecule has 118 valence electrons. The third-order valence-electron chi connectivity index (χ3n) is 2.95. The maximum absolute atomic E-state index is 12.9. The molecule has 0 aliphatic heterocycles. The topological polar surface area (TPSA) is 87.2 Å². The number of amides is 1. The van der Waals surface area contributed by atoms with Crippen molar-refractivity contribution in [2.24, 2.45) is 0 Å². The van der Waals surface area contributed by atoms with Crippen molar-refractivity contribution in [3.63, 3.8) is 0 Å². The highest BCUT2D eigenvalue weighted by molar-refractivity contribution is 5.93. The summed E-state index contributed by atoms with van der Waals surface area (Å²) >= 11 is 0. The van der Waals surface area contributed by atoms with Crippen LogP contribution in [0.5, 0.6) is 0 Å². The molecule has 7 heteroatoms. The number of hydrogen-bond acceptors (Lipinski definition) is 4. The van der Waals surface area contributed by atoms with Crippen LogP contribution in [0.3, 0.4) is 0 Å². The number of H-pyrrole nitrogens is 1. The van der Waals surface area contributed by atoms with E-state index in [1.54, 1.807) is 18.2 Å². The first-order chi connectivity index (χ1) is 10.7. The number of nitrogens with zero attached hydrogens (tertiary/aromatic N) is 1. The minimum atomic E-state index is -0.319. The maximum atomic E-state index is 12.9. The zero-order valence-electron chi connectivity index (χ0n) is 12.0. The molecular weight excluding hydrogens is 289 g/mol. The van der Waals surface area contributed by atoms with Gasteiger partial charge in [-0.05, 0) is 36.8 Å². The molecule has 0 spiro atoms. The Kier molecular flexibility index (Phi) is 6.05. The van der Waals surface area contributed by atoms with Gasteiger partial charge in [0.1, 0.15) is 11.5 Å². The molecule has 2 rings (SSSR count). The van der Waals surface area contributed by atoms with E-state index < -0.39 is 0 Å². The second kappa shape index (κ2) is 8.26. The van der Waals surface area contributed by atoms with E-state index in [-0.39, 0.29) is 18.3 Å². The summed E-state index contributed by atoms with van der Waals surface area (Å²) in [5, 5.41) is 18.0. The molecule has 1 heterocycles. The maximum Gasteiger partial charge on any atom is 0.269 e. The lowest BCUT2D eigenvalue weighted by molar-refractivity contribution is 0.0865. The Morgan fingerprint density at radius 1 is 1.32 bits per heavy atom. The van der Waals surface area contributed by atoms with Gasteiger partial charge in [-0.25, -0.2) is 4.39 Å². The Morgan fingerprint density at radius 2 is 2.09 bits per heavy atom. The van der Waals surface area contributed by atoms with Crippen LogP contribution in [-0.4, -0.2) is 47.6 Å². The van der Waals surface area contributed by atoms with Crippen molar-refractivity contribution in [2.75, 3.05) is 26.4 Å². The molecule has 6 nitrogen and oxygen atoms in total. The third-order valence-corrected chi connectivity index (χ3v) is 2.95. The van der Waals surface area contributed by atoms with Crippen molar-refractivity contribution < 1.29 is 19.0 Å². The molecule has 0 aliphatic rings. The van der Waals surface area contributed by atoms with Crippen molar-refractivity contribution in [3.8, 4) is 11.3 Å². The average molecular weight is 307 g/mol. The van der Waals surface area contributed by atoms with E-state index >= 15 is 0 Å². The van der Waals surface area contributed by atoms with E-state index in [0.29, 0.717) is 37.6 Å². The summed E-state index contributed by atoms with van der Waals surface area (Å²) in [7, 11) is 0. The van der Waals surface area contributed by atoms with Gasteiger partial charge in [-0.3, -0.25) is 9.89 Å². The Hall–Kier alpha value is -2.25. The largest absolute Gasteiger partial charge is 0.394 e. The van der Waals surface area contributed by atoms with Crippen LogP contribution in [0.1, 0.15) is 16.9 Å². The van der Waals surface area contributed by atoms with E-state index in [0.717, 1.165) is 5.56 Å².